The molecule has 722 valence electrons. The van der Waals surface area contributed by atoms with Gasteiger partial charge < -0.3 is 53.4 Å². The molecule has 40 nitrogen and oxygen atoms in total. The van der Waals surface area contributed by atoms with Gasteiger partial charge in [-0.2, -0.15) is 0 Å². The Hall–Kier alpha value is -18.1. The van der Waals surface area contributed by atoms with Gasteiger partial charge in [0.05, 0.1) is 112 Å². The molecule has 41 heteroatoms. The first kappa shape index (κ1) is 97.0. The molecule has 5 aliphatic carbocycles. The number of allylic oxidation sites excluding steroid dienone is 15. The number of fused-ring (bicyclic) bond motifs is 5. The van der Waals surface area contributed by atoms with E-state index >= 15 is 0 Å². The maximum atomic E-state index is 12.2. The summed E-state index contributed by atoms with van der Waals surface area (Å²) in [6, 6.07) is 28.6. The number of carbonyl (C=O) groups is 5. The number of anilines is 5. The maximum absolute atomic E-state index is 12.2. The Bertz CT molecular complexity index is 7610. The van der Waals surface area contributed by atoms with Crippen LogP contribution in [0.4, 0.5) is 57.5 Å². The van der Waals surface area contributed by atoms with Gasteiger partial charge in [0, 0.05) is 131 Å². The molecule has 142 heavy (non-hydrogen) atoms. The quantitative estimate of drug-likeness (QED) is 0.00865. The summed E-state index contributed by atoms with van der Waals surface area (Å²) in [6.45, 7) is 9.66. The van der Waals surface area contributed by atoms with Crippen molar-refractivity contribution in [1.82, 2.24) is 70.9 Å². The van der Waals surface area contributed by atoms with E-state index in [1.165, 1.54) is 48.6 Å². The van der Waals surface area contributed by atoms with Gasteiger partial charge in [0.15, 0.2) is 46.4 Å². The van der Waals surface area contributed by atoms with Gasteiger partial charge >= 0.3 is 0 Å². The SMILES string of the molecule is CC1=C(O)C(=Nc2c(NCCCn3cc[n+](C)c3)nn3ccccc23)C=CC1=O.C[n+]1ccn(CCCNc2nn3ccccc3c2N=C2C=C(Cl)C(O)=CC2=O)c1.C[n+]1ccn(CCCNc2nn3ccccc3c2N=C2C=CC(=O)C=C2N)c1.C[n+]1ccn(CCCNc2nn3ccccc3c2N=C2C=CC(=O)C=C2O)c1.C[n+]1ccn(CCCNc2nn3ccccc3c2N=C2C=CC(N)=CC2=O)c1. The molecule has 12 N–H and O–H groups in total. The van der Waals surface area contributed by atoms with E-state index in [1.54, 1.807) is 47.7 Å². The minimum atomic E-state index is -0.409. The van der Waals surface area contributed by atoms with Crippen LogP contribution in [-0.2, 0) is 91.9 Å². The van der Waals surface area contributed by atoms with Crippen molar-refractivity contribution in [3.63, 3.8) is 0 Å². The Morgan fingerprint density at radius 1 is 0.331 bits per heavy atom. The first-order valence-corrected chi connectivity index (χ1v) is 46.2. The molecule has 0 saturated carbocycles. The first-order valence-electron chi connectivity index (χ1n) is 45.9. The Kier molecular flexibility index (Phi) is 30.9. The highest BCUT2D eigenvalue weighted by Gasteiger charge is 2.26. The zero-order valence-electron chi connectivity index (χ0n) is 78.9. The van der Waals surface area contributed by atoms with Crippen molar-refractivity contribution in [1.29, 1.82) is 0 Å². The number of hydrogen-bond acceptors (Lipinski definition) is 25. The zero-order valence-corrected chi connectivity index (χ0v) is 79.7. The summed E-state index contributed by atoms with van der Waals surface area (Å²) in [5.41, 5.74) is 21.7. The molecule has 0 saturated heterocycles. The number of nitrogens with two attached hydrogens (primary N) is 2. The summed E-state index contributed by atoms with van der Waals surface area (Å²) in [5.74, 6) is 1.48. The largest absolute Gasteiger partial charge is 0.506 e. The molecule has 0 atom stereocenters. The Morgan fingerprint density at radius 2 is 0.634 bits per heavy atom. The van der Waals surface area contributed by atoms with Crippen molar-refractivity contribution in [3.8, 4) is 0 Å². The number of nitrogens with zero attached hydrogens (tertiary/aromatic N) is 25. The molecule has 15 aromatic rings. The average Bonchev–Trinajstić information content (AvgIpc) is 1.70. The molecule has 15 aromatic heterocycles. The molecule has 0 spiro atoms. The second-order valence-electron chi connectivity index (χ2n) is 33.6. The number of nitrogens with one attached hydrogen (secondary N) is 5. The van der Waals surface area contributed by atoms with Crippen molar-refractivity contribution >= 4 is 154 Å². The van der Waals surface area contributed by atoms with Crippen LogP contribution in [0.1, 0.15) is 39.0 Å². The summed E-state index contributed by atoms with van der Waals surface area (Å²) in [5, 5.41) is 69.7. The molecule has 0 aliphatic heterocycles. The number of pyridine rings is 5. The van der Waals surface area contributed by atoms with Crippen LogP contribution in [0.5, 0.6) is 0 Å². The van der Waals surface area contributed by atoms with Gasteiger partial charge in [0.1, 0.15) is 131 Å². The summed E-state index contributed by atoms with van der Waals surface area (Å²) in [7, 11) is 9.98. The van der Waals surface area contributed by atoms with E-state index in [0.29, 0.717) is 98.3 Å². The summed E-state index contributed by atoms with van der Waals surface area (Å²) in [4.78, 5) is 82.0. The predicted molar refractivity (Wildman–Crippen MR) is 542 cm³/mol. The third kappa shape index (κ3) is 24.6. The molecule has 15 heterocycles. The lowest BCUT2D eigenvalue weighted by Gasteiger charge is -2.09. The molecule has 0 unspecified atom stereocenters. The number of halogens is 1. The van der Waals surface area contributed by atoms with E-state index < -0.39 is 5.78 Å². The lowest BCUT2D eigenvalue weighted by atomic mass is 10.0. The standard InChI is InChI=1S/C21H22N6O2.C20H19ClN6O2.2C20H21N7O.C20H20N6O2/c1-15-18(28)8-7-16(20(15)29)23-19-17-6-3-4-11-27(17)24-21(19)22-9-5-10-26-13-12-25(2)14-26;1-25-9-10-26(13-25)7-4-6-22-20-19(16-5-2-3-8-27(16)24-20)23-15-11-14(21)17(28)12-18(15)29;1-25-11-12-26(14-25)9-4-8-22-20-19(18-5-2-3-10-27(18)24-20)23-17-7-6-15(28)13-16(17)21;1-25-11-12-26(14-25)9-4-8-22-20-19(17-5-2-3-10-27(17)24-20)23-16-7-6-15(21)13-18(16)28;1-24-11-12-25(14-24)9-4-8-21-20-19(17-5-2-3-10-26(17)23-20)22-16-7-6-15(27)13-18(16)28/h3-4,6-8,11-14H,5,9-10H2,1-2H3,(H-,22,24,28,29);2-3,5,8-13H,4,6-7H2,1H3,(H-,22,24,28,29);2*2-3,5-7,10-14H,4,8-9H2,1H3,(H2-,21,22,24,28);2-3,5-7,10-14H,4,8-9H2,1H3,(H-,21,23,27,28)/p+5. The highest BCUT2D eigenvalue weighted by atomic mass is 35.5. The molecular weight excluding hydrogens is 1820 g/mol. The molecule has 0 bridgehead atoms. The molecule has 0 amide bonds. The number of ketones is 5. The highest BCUT2D eigenvalue weighted by molar-refractivity contribution is 6.52. The Balaban J connectivity index is 0.000000128. The number of imidazole rings is 5. The van der Waals surface area contributed by atoms with Crippen LogP contribution in [-0.4, -0.2) is 176 Å². The average molecular weight is 1930 g/mol. The minimum absolute atomic E-state index is 0.0780. The third-order valence-corrected chi connectivity index (χ3v) is 22.9. The molecule has 20 rings (SSSR count). The van der Waals surface area contributed by atoms with E-state index in [4.69, 9.17) is 28.1 Å². The van der Waals surface area contributed by atoms with E-state index in [9.17, 15) is 39.3 Å². The number of aryl methyl sites for hydroxylation is 10. The van der Waals surface area contributed by atoms with Crippen LogP contribution in [0.15, 0.2) is 359 Å². The third-order valence-electron chi connectivity index (χ3n) is 22.6. The molecule has 0 aromatic carbocycles. The second-order valence-corrected chi connectivity index (χ2v) is 34.0. The van der Waals surface area contributed by atoms with E-state index in [1.807, 2.05) is 274 Å². The van der Waals surface area contributed by atoms with Crippen LogP contribution in [0.25, 0.3) is 27.6 Å². The van der Waals surface area contributed by atoms with Crippen LogP contribution in [0, 0.1) is 0 Å². The molecular formula is C101H108ClN32O8+5. The van der Waals surface area contributed by atoms with Gasteiger partial charge in [-0.05, 0) is 122 Å². The number of aromatic nitrogens is 20. The second kappa shape index (κ2) is 45.2. The number of aliphatic hydroxyl groups excluding tert-OH is 3. The predicted octanol–water partition coefficient (Wildman–Crippen LogP) is 10.3. The molecule has 0 fully saturated rings. The lowest BCUT2D eigenvalue weighted by Crippen LogP contribution is -2.23. The normalized spacial score (nSPS) is 15.5. The van der Waals surface area contributed by atoms with Gasteiger partial charge in [-0.25, -0.2) is 93.2 Å². The van der Waals surface area contributed by atoms with E-state index in [2.05, 4.69) is 94.9 Å². The highest BCUT2D eigenvalue weighted by Crippen LogP contribution is 2.37. The number of aliphatic hydroxyl groups is 3. The van der Waals surface area contributed by atoms with Crippen molar-refractivity contribution in [2.75, 3.05) is 59.3 Å². The van der Waals surface area contributed by atoms with Crippen molar-refractivity contribution in [2.24, 2.45) is 71.7 Å². The summed E-state index contributed by atoms with van der Waals surface area (Å²) >= 11 is 5.96. The lowest BCUT2D eigenvalue weighted by molar-refractivity contribution is -0.671. The number of rotatable bonds is 30. The van der Waals surface area contributed by atoms with Crippen molar-refractivity contribution in [3.05, 3.63) is 334 Å². The number of hydrogen-bond donors (Lipinski definition) is 10. The van der Waals surface area contributed by atoms with Gasteiger partial charge in [0.2, 0.25) is 43.2 Å². The minimum Gasteiger partial charge on any atom is -0.506 e. The Morgan fingerprint density at radius 3 is 0.965 bits per heavy atom. The number of carbonyl (C=O) groups excluding carboxylic acids is 5. The first-order chi connectivity index (χ1) is 68.8. The number of aliphatic imine (C=N–C) groups is 5. The summed E-state index contributed by atoms with van der Waals surface area (Å²) < 4.78 is 29.4. The van der Waals surface area contributed by atoms with Crippen molar-refractivity contribution in [2.45, 2.75) is 71.8 Å². The van der Waals surface area contributed by atoms with E-state index in [-0.39, 0.29) is 56.7 Å². The van der Waals surface area contributed by atoms with Crippen LogP contribution < -0.4 is 60.9 Å². The monoisotopic (exact) mass is 1930 g/mol. The maximum Gasteiger partial charge on any atom is 0.243 e. The fraction of sp³-hybridized carbons (Fsp3) is 0.208. The van der Waals surface area contributed by atoms with E-state index in [0.717, 1.165) is 131 Å². The van der Waals surface area contributed by atoms with Gasteiger partial charge in [0.25, 0.3) is 0 Å². The topological polar surface area (TPSA) is 451 Å². The molecule has 0 radical (unpaired) electrons. The fourth-order valence-corrected chi connectivity index (χ4v) is 15.6. The van der Waals surface area contributed by atoms with Gasteiger partial charge in [-0.3, -0.25) is 24.0 Å². The van der Waals surface area contributed by atoms with Crippen molar-refractivity contribution < 1.29 is 62.1 Å². The van der Waals surface area contributed by atoms with Gasteiger partial charge in [-0.1, -0.05) is 41.9 Å². The van der Waals surface area contributed by atoms with Gasteiger partial charge in [-0.15, -0.1) is 25.5 Å². The van der Waals surface area contributed by atoms with Crippen LogP contribution >= 0.6 is 11.6 Å². The smallest absolute Gasteiger partial charge is 0.243 e. The Labute approximate surface area is 819 Å². The van der Waals surface area contributed by atoms with Crippen LogP contribution in [0.2, 0.25) is 0 Å². The molecule has 5 aliphatic rings. The van der Waals surface area contributed by atoms with Crippen LogP contribution in [0.3, 0.4) is 0 Å². The zero-order chi connectivity index (χ0) is 99.3. The fourth-order valence-electron chi connectivity index (χ4n) is 15.4. The summed E-state index contributed by atoms with van der Waals surface area (Å²) in [6.07, 6.45) is 62.9.